The fourth-order valence-corrected chi connectivity index (χ4v) is 6.26. The molecular weight excluding hydrogens is 596 g/mol. The number of halogens is 1. The molecule has 6 rings (SSSR count). The van der Waals surface area contributed by atoms with Gasteiger partial charge in [0.1, 0.15) is 18.1 Å². The Bertz CT molecular complexity index is 1810. The highest BCUT2D eigenvalue weighted by Crippen LogP contribution is 2.41. The van der Waals surface area contributed by atoms with Crippen LogP contribution in [0.4, 0.5) is 0 Å². The minimum Gasteiger partial charge on any atom is -0.497 e. The minimum atomic E-state index is -0.412. The molecule has 0 unspecified atom stereocenters. The maximum absolute atomic E-state index is 12.1. The van der Waals surface area contributed by atoms with Crippen LogP contribution in [0.2, 0.25) is 5.02 Å². The van der Waals surface area contributed by atoms with Gasteiger partial charge in [0.2, 0.25) is 0 Å². The zero-order chi connectivity index (χ0) is 31.9. The van der Waals surface area contributed by atoms with Crippen molar-refractivity contribution in [2.75, 3.05) is 14.2 Å². The second-order valence-corrected chi connectivity index (χ2v) is 11.8. The van der Waals surface area contributed by atoms with Crippen LogP contribution in [0.3, 0.4) is 0 Å². The number of methoxy groups -OCH3 is 2. The number of hydrogen-bond donors (Lipinski definition) is 0. The highest BCUT2D eigenvalue weighted by atomic mass is 35.5. The molecule has 0 saturated heterocycles. The van der Waals surface area contributed by atoms with Gasteiger partial charge in [-0.1, -0.05) is 79.4 Å². The van der Waals surface area contributed by atoms with Gasteiger partial charge in [-0.2, -0.15) is 5.10 Å². The molecule has 0 amide bonds. The van der Waals surface area contributed by atoms with Crippen molar-refractivity contribution >= 4 is 23.6 Å². The van der Waals surface area contributed by atoms with Crippen LogP contribution >= 0.6 is 11.6 Å². The first-order chi connectivity index (χ1) is 22.5. The molecule has 1 aliphatic carbocycles. The van der Waals surface area contributed by atoms with Crippen molar-refractivity contribution in [1.82, 2.24) is 9.78 Å². The Labute approximate surface area is 275 Å². The first-order valence-electron chi connectivity index (χ1n) is 15.6. The van der Waals surface area contributed by atoms with Gasteiger partial charge in [-0.05, 0) is 84.1 Å². The standard InChI is InChI=1S/C39H37ClN2O4/c1-44-34-21-22-35(27-13-17-31(40)18-14-27)30(25-34)26-46-33-19-15-29(16-20-33)39-38(28-9-5-3-6-10-28)36(23-24-37(43)45-2)41-42(39)32-11-7-4-8-12-32/h3,5-6,9-10,13-25,32H,4,7-8,11-12,26H2,1-2H3. The number of aromatic nitrogens is 2. The van der Waals surface area contributed by atoms with Crippen molar-refractivity contribution in [2.24, 2.45) is 0 Å². The summed E-state index contributed by atoms with van der Waals surface area (Å²) in [7, 11) is 3.05. The molecule has 1 aromatic heterocycles. The van der Waals surface area contributed by atoms with Gasteiger partial charge in [0.05, 0.1) is 31.6 Å². The monoisotopic (exact) mass is 632 g/mol. The summed E-state index contributed by atoms with van der Waals surface area (Å²) >= 11 is 6.15. The molecule has 46 heavy (non-hydrogen) atoms. The van der Waals surface area contributed by atoms with Gasteiger partial charge in [0.15, 0.2) is 0 Å². The third-order valence-corrected chi connectivity index (χ3v) is 8.74. The van der Waals surface area contributed by atoms with Gasteiger partial charge in [-0.3, -0.25) is 4.68 Å². The molecule has 1 saturated carbocycles. The van der Waals surface area contributed by atoms with Crippen LogP contribution in [0, 0.1) is 0 Å². The number of nitrogens with zero attached hydrogens (tertiary/aromatic N) is 2. The van der Waals surface area contributed by atoms with E-state index < -0.39 is 5.97 Å². The molecule has 0 N–H and O–H groups in total. The molecule has 0 radical (unpaired) electrons. The summed E-state index contributed by atoms with van der Waals surface area (Å²) in [6, 6.07) is 32.5. The average molecular weight is 633 g/mol. The Morgan fingerprint density at radius 2 is 1.54 bits per heavy atom. The van der Waals surface area contributed by atoms with E-state index in [1.165, 1.54) is 32.4 Å². The number of carbonyl (C=O) groups excluding carboxylic acids is 1. The Balaban J connectivity index is 1.35. The molecule has 1 fully saturated rings. The predicted octanol–water partition coefficient (Wildman–Crippen LogP) is 9.82. The molecule has 0 aliphatic heterocycles. The average Bonchev–Trinajstić information content (AvgIpc) is 3.50. The Kier molecular flexibility index (Phi) is 9.85. The zero-order valence-corrected chi connectivity index (χ0v) is 26.9. The van der Waals surface area contributed by atoms with Crippen LogP contribution in [0.15, 0.2) is 103 Å². The quantitative estimate of drug-likeness (QED) is 0.113. The molecule has 5 aromatic rings. The van der Waals surface area contributed by atoms with E-state index in [0.29, 0.717) is 11.6 Å². The molecule has 0 atom stereocenters. The van der Waals surface area contributed by atoms with E-state index in [9.17, 15) is 4.79 Å². The fraction of sp³-hybridized carbons (Fsp3) is 0.231. The van der Waals surface area contributed by atoms with Gasteiger partial charge in [0, 0.05) is 27.8 Å². The number of esters is 1. The second-order valence-electron chi connectivity index (χ2n) is 11.4. The van der Waals surface area contributed by atoms with Crippen LogP contribution in [0.1, 0.15) is 49.4 Å². The summed E-state index contributed by atoms with van der Waals surface area (Å²) in [6.45, 7) is 0.367. The van der Waals surface area contributed by atoms with Crippen LogP contribution in [-0.2, 0) is 16.1 Å². The highest BCUT2D eigenvalue weighted by Gasteiger charge is 2.26. The summed E-state index contributed by atoms with van der Waals surface area (Å²) in [5.41, 5.74) is 7.96. The molecule has 0 bridgehead atoms. The van der Waals surface area contributed by atoms with Crippen molar-refractivity contribution in [2.45, 2.75) is 44.8 Å². The van der Waals surface area contributed by atoms with Crippen molar-refractivity contribution in [3.8, 4) is 45.0 Å². The van der Waals surface area contributed by atoms with E-state index in [2.05, 4.69) is 28.9 Å². The molecule has 1 aliphatic rings. The van der Waals surface area contributed by atoms with Crippen LogP contribution < -0.4 is 9.47 Å². The first-order valence-corrected chi connectivity index (χ1v) is 16.0. The smallest absolute Gasteiger partial charge is 0.330 e. The Morgan fingerprint density at radius 1 is 0.848 bits per heavy atom. The number of carbonyl (C=O) groups is 1. The third kappa shape index (κ3) is 7.03. The number of hydrogen-bond acceptors (Lipinski definition) is 5. The lowest BCUT2D eigenvalue weighted by Crippen LogP contribution is -2.15. The van der Waals surface area contributed by atoms with Crippen molar-refractivity contribution < 1.29 is 19.0 Å². The van der Waals surface area contributed by atoms with Gasteiger partial charge in [-0.15, -0.1) is 0 Å². The van der Waals surface area contributed by atoms with E-state index in [0.717, 1.165) is 69.1 Å². The topological polar surface area (TPSA) is 62.6 Å². The summed E-state index contributed by atoms with van der Waals surface area (Å²) in [6.07, 6.45) is 8.94. The van der Waals surface area contributed by atoms with Gasteiger partial charge < -0.3 is 14.2 Å². The lowest BCUT2D eigenvalue weighted by molar-refractivity contribution is -0.134. The number of benzene rings is 4. The Morgan fingerprint density at radius 3 is 2.24 bits per heavy atom. The van der Waals surface area contributed by atoms with E-state index in [-0.39, 0.29) is 6.04 Å². The SMILES string of the molecule is COC(=O)C=Cc1nn(C2CCCCC2)c(-c2ccc(OCc3cc(OC)ccc3-c3ccc(Cl)cc3)cc2)c1-c1ccccc1. The molecular formula is C39H37ClN2O4. The second kappa shape index (κ2) is 14.5. The van der Waals surface area contributed by atoms with Crippen LogP contribution in [-0.4, -0.2) is 30.0 Å². The molecule has 6 nitrogen and oxygen atoms in total. The van der Waals surface area contributed by atoms with Gasteiger partial charge >= 0.3 is 5.97 Å². The number of ether oxygens (including phenoxy) is 3. The lowest BCUT2D eigenvalue weighted by atomic mass is 9.94. The van der Waals surface area contributed by atoms with Crippen molar-refractivity contribution in [1.29, 1.82) is 0 Å². The zero-order valence-electron chi connectivity index (χ0n) is 26.1. The van der Waals surface area contributed by atoms with Gasteiger partial charge in [0.25, 0.3) is 0 Å². The lowest BCUT2D eigenvalue weighted by Gasteiger charge is -2.24. The first kappa shape index (κ1) is 31.2. The van der Waals surface area contributed by atoms with E-state index in [4.69, 9.17) is 30.9 Å². The maximum atomic E-state index is 12.1. The third-order valence-electron chi connectivity index (χ3n) is 8.49. The van der Waals surface area contributed by atoms with Crippen molar-refractivity contribution in [3.05, 3.63) is 119 Å². The van der Waals surface area contributed by atoms with Crippen LogP contribution in [0.5, 0.6) is 11.5 Å². The van der Waals surface area contributed by atoms with Crippen molar-refractivity contribution in [3.63, 3.8) is 0 Å². The normalized spacial score (nSPS) is 13.5. The predicted molar refractivity (Wildman–Crippen MR) is 184 cm³/mol. The number of rotatable bonds is 10. The minimum absolute atomic E-state index is 0.279. The molecule has 1 heterocycles. The van der Waals surface area contributed by atoms with Gasteiger partial charge in [-0.25, -0.2) is 4.79 Å². The molecule has 7 heteroatoms. The summed E-state index contributed by atoms with van der Waals surface area (Å²) in [4.78, 5) is 12.1. The summed E-state index contributed by atoms with van der Waals surface area (Å²) in [5.74, 6) is 1.11. The molecule has 4 aromatic carbocycles. The van der Waals surface area contributed by atoms with E-state index in [1.54, 1.807) is 13.2 Å². The van der Waals surface area contributed by atoms with Crippen LogP contribution in [0.25, 0.3) is 39.6 Å². The van der Waals surface area contributed by atoms with E-state index in [1.807, 2.05) is 72.8 Å². The molecule has 0 spiro atoms. The Hall–Kier alpha value is -4.81. The molecule has 234 valence electrons. The van der Waals surface area contributed by atoms with E-state index >= 15 is 0 Å². The maximum Gasteiger partial charge on any atom is 0.330 e. The fourth-order valence-electron chi connectivity index (χ4n) is 6.14. The summed E-state index contributed by atoms with van der Waals surface area (Å²) in [5, 5.41) is 5.82. The largest absolute Gasteiger partial charge is 0.497 e. The summed E-state index contributed by atoms with van der Waals surface area (Å²) < 4.78 is 18.9. The highest BCUT2D eigenvalue weighted by molar-refractivity contribution is 6.30.